The van der Waals surface area contributed by atoms with Crippen molar-refractivity contribution in [2.24, 2.45) is 0 Å². The quantitative estimate of drug-likeness (QED) is 0.682. The maximum absolute atomic E-state index is 11.0. The van der Waals surface area contributed by atoms with Crippen molar-refractivity contribution in [2.75, 3.05) is 0 Å². The molecule has 16 heavy (non-hydrogen) atoms. The van der Waals surface area contributed by atoms with Crippen LogP contribution in [0.5, 0.6) is 0 Å². The Morgan fingerprint density at radius 3 is 1.00 bits per heavy atom. The molecule has 0 atom stereocenters. The van der Waals surface area contributed by atoms with Gasteiger partial charge in [-0.05, 0) is 49.9 Å². The fourth-order valence-corrected chi connectivity index (χ4v) is 1.92. The molecule has 0 heterocycles. The highest BCUT2D eigenvalue weighted by molar-refractivity contribution is 5.96. The Kier molecular flexibility index (Phi) is 3.03. The van der Waals surface area contributed by atoms with Crippen LogP contribution in [0, 0.1) is 27.7 Å². The molecule has 0 aliphatic carbocycles. The predicted octanol–water partition coefficient (Wildman–Crippen LogP) is -0.353. The SMILES string of the molecule is Cc1c(C)c(C(=O)[O-])c(C)c(C)c1C(=O)[O-]. The van der Waals surface area contributed by atoms with Crippen molar-refractivity contribution in [1.29, 1.82) is 0 Å². The van der Waals surface area contributed by atoms with Gasteiger partial charge in [-0.1, -0.05) is 0 Å². The molecule has 0 amide bonds. The number of benzene rings is 1. The molecule has 0 N–H and O–H groups in total. The van der Waals surface area contributed by atoms with E-state index in [1.807, 2.05) is 0 Å². The third kappa shape index (κ3) is 1.66. The van der Waals surface area contributed by atoms with E-state index in [0.717, 1.165) is 0 Å². The van der Waals surface area contributed by atoms with E-state index in [0.29, 0.717) is 22.3 Å². The Labute approximate surface area is 93.5 Å². The summed E-state index contributed by atoms with van der Waals surface area (Å²) in [5.41, 5.74) is 1.81. The summed E-state index contributed by atoms with van der Waals surface area (Å²) in [6, 6.07) is 0. The number of rotatable bonds is 2. The third-order valence-corrected chi connectivity index (χ3v) is 3.03. The van der Waals surface area contributed by atoms with Crippen LogP contribution in [0.2, 0.25) is 0 Å². The molecule has 4 heteroatoms. The summed E-state index contributed by atoms with van der Waals surface area (Å²) in [6.07, 6.45) is 0. The van der Waals surface area contributed by atoms with Crippen molar-refractivity contribution < 1.29 is 19.8 Å². The van der Waals surface area contributed by atoms with Gasteiger partial charge in [-0.2, -0.15) is 0 Å². The first-order valence-electron chi connectivity index (χ1n) is 4.82. The molecule has 0 aromatic heterocycles. The number of carbonyl (C=O) groups is 2. The molecule has 0 radical (unpaired) electrons. The lowest BCUT2D eigenvalue weighted by atomic mass is 9.89. The number of hydrogen-bond donors (Lipinski definition) is 0. The largest absolute Gasteiger partial charge is 0.545 e. The van der Waals surface area contributed by atoms with E-state index >= 15 is 0 Å². The van der Waals surface area contributed by atoms with Crippen molar-refractivity contribution in [1.82, 2.24) is 0 Å². The number of carbonyl (C=O) groups excluding carboxylic acids is 2. The highest BCUT2D eigenvalue weighted by atomic mass is 16.4. The van der Waals surface area contributed by atoms with Crippen LogP contribution in [0.3, 0.4) is 0 Å². The molecule has 0 saturated carbocycles. The van der Waals surface area contributed by atoms with Crippen LogP contribution >= 0.6 is 0 Å². The van der Waals surface area contributed by atoms with Gasteiger partial charge in [-0.15, -0.1) is 0 Å². The van der Waals surface area contributed by atoms with Crippen LogP contribution < -0.4 is 10.2 Å². The van der Waals surface area contributed by atoms with Crippen molar-refractivity contribution in [3.05, 3.63) is 33.4 Å². The molecule has 0 saturated heterocycles. The van der Waals surface area contributed by atoms with Crippen molar-refractivity contribution in [2.45, 2.75) is 27.7 Å². The van der Waals surface area contributed by atoms with Crippen LogP contribution in [-0.4, -0.2) is 11.9 Å². The third-order valence-electron chi connectivity index (χ3n) is 3.03. The summed E-state index contributed by atoms with van der Waals surface area (Å²) in [5, 5.41) is 21.9. The van der Waals surface area contributed by atoms with Gasteiger partial charge in [0.2, 0.25) is 0 Å². The first-order chi connectivity index (χ1) is 7.29. The first-order valence-corrected chi connectivity index (χ1v) is 4.82. The average Bonchev–Trinajstić information content (AvgIpc) is 2.14. The van der Waals surface area contributed by atoms with Crippen molar-refractivity contribution in [3.63, 3.8) is 0 Å². The maximum atomic E-state index is 11.0. The molecule has 0 aliphatic rings. The molecule has 1 aromatic carbocycles. The van der Waals surface area contributed by atoms with Gasteiger partial charge in [0.15, 0.2) is 0 Å². The highest BCUT2D eigenvalue weighted by Gasteiger charge is 2.15. The smallest absolute Gasteiger partial charge is 0.0720 e. The minimum absolute atomic E-state index is 0.0694. The van der Waals surface area contributed by atoms with Crippen LogP contribution in [0.15, 0.2) is 0 Å². The summed E-state index contributed by atoms with van der Waals surface area (Å²) >= 11 is 0. The van der Waals surface area contributed by atoms with Gasteiger partial charge in [0.1, 0.15) is 0 Å². The van der Waals surface area contributed by atoms with Gasteiger partial charge in [0.05, 0.1) is 11.9 Å². The second-order valence-corrected chi connectivity index (χ2v) is 3.82. The number of carboxylic acids is 2. The molecule has 0 fully saturated rings. The normalized spacial score (nSPS) is 10.2. The Bertz CT molecular complexity index is 412. The second-order valence-electron chi connectivity index (χ2n) is 3.82. The molecule has 1 rings (SSSR count). The molecule has 1 aromatic rings. The summed E-state index contributed by atoms with van der Waals surface area (Å²) in [5.74, 6) is -2.57. The predicted molar refractivity (Wildman–Crippen MR) is 54.1 cm³/mol. The molecule has 0 bridgehead atoms. The topological polar surface area (TPSA) is 80.3 Å². The second kappa shape index (κ2) is 3.96. The fraction of sp³-hybridized carbons (Fsp3) is 0.333. The lowest BCUT2D eigenvalue weighted by molar-refractivity contribution is -0.256. The van der Waals surface area contributed by atoms with E-state index in [4.69, 9.17) is 0 Å². The van der Waals surface area contributed by atoms with Gasteiger partial charge < -0.3 is 19.8 Å². The van der Waals surface area contributed by atoms with Crippen LogP contribution in [0.25, 0.3) is 0 Å². The minimum Gasteiger partial charge on any atom is -0.545 e. The van der Waals surface area contributed by atoms with E-state index in [1.54, 1.807) is 27.7 Å². The number of hydrogen-bond acceptors (Lipinski definition) is 4. The summed E-state index contributed by atoms with van der Waals surface area (Å²) in [6.45, 7) is 6.28. The zero-order valence-electron chi connectivity index (χ0n) is 9.63. The monoisotopic (exact) mass is 220 g/mol. The van der Waals surface area contributed by atoms with E-state index in [9.17, 15) is 19.8 Å². The minimum atomic E-state index is -1.29. The van der Waals surface area contributed by atoms with Gasteiger partial charge in [-0.3, -0.25) is 0 Å². The van der Waals surface area contributed by atoms with E-state index in [2.05, 4.69) is 0 Å². The number of aromatic carboxylic acids is 2. The Morgan fingerprint density at radius 2 is 0.875 bits per heavy atom. The zero-order chi connectivity index (χ0) is 12.6. The molecular weight excluding hydrogens is 208 g/mol. The van der Waals surface area contributed by atoms with E-state index in [1.165, 1.54) is 0 Å². The first kappa shape index (κ1) is 12.2. The maximum Gasteiger partial charge on any atom is 0.0720 e. The van der Waals surface area contributed by atoms with Gasteiger partial charge in [0.25, 0.3) is 0 Å². The summed E-state index contributed by atoms with van der Waals surface area (Å²) < 4.78 is 0. The van der Waals surface area contributed by atoms with E-state index < -0.39 is 11.9 Å². The Balaban J connectivity index is 3.77. The van der Waals surface area contributed by atoms with Crippen LogP contribution in [0.1, 0.15) is 43.0 Å². The molecular formula is C12H12O4-2. The van der Waals surface area contributed by atoms with E-state index in [-0.39, 0.29) is 11.1 Å². The van der Waals surface area contributed by atoms with Crippen molar-refractivity contribution >= 4 is 11.9 Å². The molecule has 0 spiro atoms. The Hall–Kier alpha value is -1.84. The van der Waals surface area contributed by atoms with Crippen molar-refractivity contribution in [3.8, 4) is 0 Å². The van der Waals surface area contributed by atoms with Gasteiger partial charge in [-0.25, -0.2) is 0 Å². The summed E-state index contributed by atoms with van der Waals surface area (Å²) in [7, 11) is 0. The highest BCUT2D eigenvalue weighted by Crippen LogP contribution is 2.25. The molecule has 0 unspecified atom stereocenters. The zero-order valence-corrected chi connectivity index (χ0v) is 9.63. The van der Waals surface area contributed by atoms with Gasteiger partial charge in [0, 0.05) is 11.1 Å². The fourth-order valence-electron chi connectivity index (χ4n) is 1.92. The van der Waals surface area contributed by atoms with Crippen LogP contribution in [0.4, 0.5) is 0 Å². The molecule has 86 valence electrons. The van der Waals surface area contributed by atoms with Gasteiger partial charge >= 0.3 is 0 Å². The lowest BCUT2D eigenvalue weighted by Crippen LogP contribution is -2.29. The number of carboxylic acid groups (broad SMARTS) is 2. The molecule has 0 aliphatic heterocycles. The van der Waals surface area contributed by atoms with Crippen LogP contribution in [-0.2, 0) is 0 Å². The molecule has 4 nitrogen and oxygen atoms in total. The lowest BCUT2D eigenvalue weighted by Gasteiger charge is -2.21. The Morgan fingerprint density at radius 1 is 0.688 bits per heavy atom. The summed E-state index contributed by atoms with van der Waals surface area (Å²) in [4.78, 5) is 21.9. The standard InChI is InChI=1S/C12H14O4/c1-5-6(2)10(12(15)16)8(4)7(3)9(5)11(13)14/h1-4H3,(H,13,14)(H,15,16)/p-2. The average molecular weight is 220 g/mol.